The van der Waals surface area contributed by atoms with Crippen LogP contribution in [-0.4, -0.2) is 27.8 Å². The summed E-state index contributed by atoms with van der Waals surface area (Å²) in [6, 6.07) is 0. The van der Waals surface area contributed by atoms with Crippen molar-refractivity contribution in [2.45, 2.75) is 39.7 Å². The van der Waals surface area contributed by atoms with E-state index in [9.17, 15) is 4.79 Å². The van der Waals surface area contributed by atoms with E-state index < -0.39 is 0 Å². The molecule has 0 aliphatic carbocycles. The second-order valence-electron chi connectivity index (χ2n) is 4.84. The molecule has 1 heterocycles. The van der Waals surface area contributed by atoms with E-state index in [-0.39, 0.29) is 12.2 Å². The van der Waals surface area contributed by atoms with Crippen molar-refractivity contribution in [2.75, 3.05) is 18.5 Å². The van der Waals surface area contributed by atoms with Crippen LogP contribution in [0, 0.1) is 5.92 Å². The summed E-state index contributed by atoms with van der Waals surface area (Å²) in [6.45, 7) is 5.81. The predicted octanol–water partition coefficient (Wildman–Crippen LogP) is 1.47. The lowest BCUT2D eigenvalue weighted by Crippen LogP contribution is -2.26. The molecule has 0 fully saturated rings. The number of hydrogen-bond acceptors (Lipinski definition) is 4. The van der Waals surface area contributed by atoms with Gasteiger partial charge in [-0.3, -0.25) is 4.79 Å². The van der Waals surface area contributed by atoms with Crippen molar-refractivity contribution in [1.29, 1.82) is 0 Å². The number of unbranched alkanes of at least 4 members (excludes halogenated alkanes) is 2. The maximum Gasteiger partial charge on any atom is 0.293 e. The van der Waals surface area contributed by atoms with Gasteiger partial charge >= 0.3 is 0 Å². The molecule has 2 N–H and O–H groups in total. The molecule has 0 radical (unpaired) electrons. The minimum absolute atomic E-state index is 0.0617. The van der Waals surface area contributed by atoms with E-state index in [0.29, 0.717) is 24.8 Å². The van der Waals surface area contributed by atoms with Crippen molar-refractivity contribution in [1.82, 2.24) is 9.55 Å². The number of aliphatic hydroxyl groups excluding tert-OH is 1. The normalized spacial score (nSPS) is 10.9. The maximum atomic E-state index is 12.0. The Morgan fingerprint density at radius 3 is 2.83 bits per heavy atom. The summed E-state index contributed by atoms with van der Waals surface area (Å²) in [5.41, 5.74) is -0.0617. The van der Waals surface area contributed by atoms with Crippen molar-refractivity contribution in [3.05, 3.63) is 22.7 Å². The first kappa shape index (κ1) is 14.7. The highest BCUT2D eigenvalue weighted by Gasteiger charge is 2.05. The molecule has 0 aliphatic heterocycles. The second kappa shape index (κ2) is 7.87. The van der Waals surface area contributed by atoms with Gasteiger partial charge in [0.1, 0.15) is 0 Å². The zero-order valence-corrected chi connectivity index (χ0v) is 11.2. The minimum Gasteiger partial charge on any atom is -0.396 e. The van der Waals surface area contributed by atoms with Crippen molar-refractivity contribution >= 4 is 5.82 Å². The Bertz CT molecular complexity index is 401. The minimum atomic E-state index is -0.0617. The van der Waals surface area contributed by atoms with Gasteiger partial charge in [-0.1, -0.05) is 13.8 Å². The monoisotopic (exact) mass is 253 g/mol. The average Bonchev–Trinajstić information content (AvgIpc) is 2.33. The van der Waals surface area contributed by atoms with Gasteiger partial charge in [-0.05, 0) is 25.2 Å². The molecule has 5 nitrogen and oxygen atoms in total. The molecule has 0 unspecified atom stereocenters. The largest absolute Gasteiger partial charge is 0.396 e. The van der Waals surface area contributed by atoms with E-state index in [1.807, 2.05) is 0 Å². The molecule has 0 saturated carbocycles. The molecule has 1 aromatic heterocycles. The smallest absolute Gasteiger partial charge is 0.293 e. The topological polar surface area (TPSA) is 67.2 Å². The van der Waals surface area contributed by atoms with E-state index in [1.54, 1.807) is 17.0 Å². The third-order valence-electron chi connectivity index (χ3n) is 2.60. The molecule has 1 aromatic rings. The Hall–Kier alpha value is -1.36. The lowest BCUT2D eigenvalue weighted by atomic mass is 10.2. The van der Waals surface area contributed by atoms with Crippen LogP contribution in [-0.2, 0) is 6.54 Å². The summed E-state index contributed by atoms with van der Waals surface area (Å²) in [5, 5.41) is 11.7. The van der Waals surface area contributed by atoms with E-state index >= 15 is 0 Å². The van der Waals surface area contributed by atoms with Crippen molar-refractivity contribution in [2.24, 2.45) is 5.92 Å². The molecular formula is C13H23N3O2. The quantitative estimate of drug-likeness (QED) is 0.689. The highest BCUT2D eigenvalue weighted by molar-refractivity contribution is 5.30. The summed E-state index contributed by atoms with van der Waals surface area (Å²) in [7, 11) is 0. The van der Waals surface area contributed by atoms with Crippen LogP contribution < -0.4 is 10.9 Å². The number of aliphatic hydroxyl groups is 1. The van der Waals surface area contributed by atoms with Gasteiger partial charge < -0.3 is 15.0 Å². The van der Waals surface area contributed by atoms with Crippen LogP contribution in [0.4, 0.5) is 5.82 Å². The Labute approximate surface area is 108 Å². The number of rotatable bonds is 8. The van der Waals surface area contributed by atoms with E-state index in [2.05, 4.69) is 24.1 Å². The highest BCUT2D eigenvalue weighted by atomic mass is 16.2. The first-order valence-corrected chi connectivity index (χ1v) is 6.55. The molecule has 0 saturated heterocycles. The Morgan fingerprint density at radius 2 is 2.17 bits per heavy atom. The molecule has 102 valence electrons. The van der Waals surface area contributed by atoms with Gasteiger partial charge in [0, 0.05) is 32.1 Å². The van der Waals surface area contributed by atoms with Crippen LogP contribution >= 0.6 is 0 Å². The van der Waals surface area contributed by atoms with Gasteiger partial charge in [-0.25, -0.2) is 4.98 Å². The number of hydrogen-bond donors (Lipinski definition) is 2. The first-order valence-electron chi connectivity index (χ1n) is 6.55. The average molecular weight is 253 g/mol. The molecule has 18 heavy (non-hydrogen) atoms. The van der Waals surface area contributed by atoms with Crippen molar-refractivity contribution in [3.8, 4) is 0 Å². The first-order chi connectivity index (χ1) is 8.65. The van der Waals surface area contributed by atoms with Crippen LogP contribution in [0.2, 0.25) is 0 Å². The summed E-state index contributed by atoms with van der Waals surface area (Å²) in [5.74, 6) is 0.852. The van der Waals surface area contributed by atoms with E-state index in [1.165, 1.54) is 0 Å². The molecule has 0 aliphatic rings. The van der Waals surface area contributed by atoms with Gasteiger partial charge in [0.2, 0.25) is 0 Å². The Morgan fingerprint density at radius 1 is 1.39 bits per heavy atom. The lowest BCUT2D eigenvalue weighted by Gasteiger charge is -2.10. The summed E-state index contributed by atoms with van der Waals surface area (Å²) >= 11 is 0. The van der Waals surface area contributed by atoms with Crippen molar-refractivity contribution in [3.63, 3.8) is 0 Å². The second-order valence-corrected chi connectivity index (χ2v) is 4.84. The third-order valence-corrected chi connectivity index (χ3v) is 2.60. The molecule has 0 amide bonds. The summed E-state index contributed by atoms with van der Waals surface area (Å²) in [6.07, 6.45) is 6.07. The van der Waals surface area contributed by atoms with Crippen LogP contribution in [0.15, 0.2) is 17.2 Å². The number of anilines is 1. The third kappa shape index (κ3) is 4.87. The molecule has 0 aromatic carbocycles. The van der Waals surface area contributed by atoms with E-state index in [4.69, 9.17) is 5.11 Å². The number of aromatic nitrogens is 2. The molecule has 1 rings (SSSR count). The van der Waals surface area contributed by atoms with Gasteiger partial charge in [0.15, 0.2) is 5.82 Å². The molecule has 0 bridgehead atoms. The summed E-state index contributed by atoms with van der Waals surface area (Å²) < 4.78 is 1.69. The fourth-order valence-electron chi connectivity index (χ4n) is 1.73. The Balaban J connectivity index is 2.53. The Kier molecular flexibility index (Phi) is 6.43. The zero-order chi connectivity index (χ0) is 13.4. The number of nitrogens with zero attached hydrogens (tertiary/aromatic N) is 2. The van der Waals surface area contributed by atoms with Crippen molar-refractivity contribution < 1.29 is 5.11 Å². The zero-order valence-electron chi connectivity index (χ0n) is 11.2. The van der Waals surface area contributed by atoms with Crippen LogP contribution in [0.25, 0.3) is 0 Å². The predicted molar refractivity (Wildman–Crippen MR) is 72.8 cm³/mol. The molecule has 0 atom stereocenters. The maximum absolute atomic E-state index is 12.0. The fourth-order valence-corrected chi connectivity index (χ4v) is 1.73. The molecule has 0 spiro atoms. The van der Waals surface area contributed by atoms with Gasteiger partial charge in [-0.15, -0.1) is 0 Å². The van der Waals surface area contributed by atoms with Crippen LogP contribution in [0.1, 0.15) is 33.1 Å². The lowest BCUT2D eigenvalue weighted by molar-refractivity contribution is 0.283. The standard InChI is InChI=1S/C13H23N3O2/c1-11(2)10-16-8-7-15-12(13(16)18)14-6-4-3-5-9-17/h7-8,11,17H,3-6,9-10H2,1-2H3,(H,14,15). The summed E-state index contributed by atoms with van der Waals surface area (Å²) in [4.78, 5) is 16.1. The van der Waals surface area contributed by atoms with Gasteiger partial charge in [0.05, 0.1) is 0 Å². The van der Waals surface area contributed by atoms with Gasteiger partial charge in [-0.2, -0.15) is 0 Å². The fraction of sp³-hybridized carbons (Fsp3) is 0.692. The van der Waals surface area contributed by atoms with Gasteiger partial charge in [0.25, 0.3) is 5.56 Å². The number of nitrogens with one attached hydrogen (secondary N) is 1. The van der Waals surface area contributed by atoms with Crippen LogP contribution in [0.3, 0.4) is 0 Å². The molecular weight excluding hydrogens is 230 g/mol. The highest BCUT2D eigenvalue weighted by Crippen LogP contribution is 2.00. The van der Waals surface area contributed by atoms with E-state index in [0.717, 1.165) is 19.3 Å². The van der Waals surface area contributed by atoms with Crippen LogP contribution in [0.5, 0.6) is 0 Å². The molecule has 5 heteroatoms. The SMILES string of the molecule is CC(C)Cn1ccnc(NCCCCCO)c1=O.